The highest BCUT2D eigenvalue weighted by Gasteiger charge is 2.17. The summed E-state index contributed by atoms with van der Waals surface area (Å²) in [4.78, 5) is 2.15. The summed E-state index contributed by atoms with van der Waals surface area (Å²) in [6.07, 6.45) is 1.30. The van der Waals surface area contributed by atoms with Gasteiger partial charge in [-0.15, -0.1) is 6.58 Å². The van der Waals surface area contributed by atoms with Crippen molar-refractivity contribution in [1.82, 2.24) is 0 Å². The molecule has 1 atom stereocenters. The maximum atomic E-state index is 9.90. The molecule has 0 unspecified atom stereocenters. The highest BCUT2D eigenvalue weighted by molar-refractivity contribution is 5.60. The number of aliphatic hydroxyl groups excluding tert-OH is 1. The zero-order valence-electron chi connectivity index (χ0n) is 10.8. The maximum absolute atomic E-state index is 9.90. The molecule has 0 radical (unpaired) electrons. The molecule has 1 N–H and O–H groups in total. The Kier molecular flexibility index (Phi) is 5.04. The summed E-state index contributed by atoms with van der Waals surface area (Å²) >= 11 is 0. The number of aliphatic hydroxyl groups is 1. The van der Waals surface area contributed by atoms with E-state index in [-0.39, 0.29) is 0 Å². The maximum Gasteiger partial charge on any atom is 0.126 e. The first-order valence-electron chi connectivity index (χ1n) is 5.86. The Balaban J connectivity index is 3.25. The Hall–Kier alpha value is -1.48. The lowest BCUT2D eigenvalue weighted by molar-refractivity contribution is 0.194. The van der Waals surface area contributed by atoms with Crippen LogP contribution in [0.2, 0.25) is 0 Å². The van der Waals surface area contributed by atoms with E-state index in [1.54, 1.807) is 14.0 Å². The topological polar surface area (TPSA) is 32.7 Å². The smallest absolute Gasteiger partial charge is 0.126 e. The molecule has 0 bridgehead atoms. The van der Waals surface area contributed by atoms with Gasteiger partial charge in [0.2, 0.25) is 0 Å². The number of rotatable bonds is 6. The molecule has 0 amide bonds. The van der Waals surface area contributed by atoms with Gasteiger partial charge in [-0.05, 0) is 26.0 Å². The van der Waals surface area contributed by atoms with E-state index in [9.17, 15) is 5.11 Å². The van der Waals surface area contributed by atoms with Gasteiger partial charge in [-0.1, -0.05) is 12.1 Å². The van der Waals surface area contributed by atoms with Gasteiger partial charge in [0.25, 0.3) is 0 Å². The minimum absolute atomic E-state index is 0.556. The van der Waals surface area contributed by atoms with Crippen molar-refractivity contribution in [3.8, 4) is 5.75 Å². The fourth-order valence-corrected chi connectivity index (χ4v) is 1.96. The van der Waals surface area contributed by atoms with E-state index in [2.05, 4.69) is 18.4 Å². The van der Waals surface area contributed by atoms with E-state index in [0.29, 0.717) is 0 Å². The number of hydrogen-bond donors (Lipinski definition) is 1. The molecule has 0 saturated carbocycles. The van der Waals surface area contributed by atoms with Crippen molar-refractivity contribution in [2.75, 3.05) is 25.1 Å². The van der Waals surface area contributed by atoms with Gasteiger partial charge in [0.1, 0.15) is 5.75 Å². The molecule has 1 aromatic carbocycles. The number of likely N-dealkylation sites (N-methyl/N-ethyl adjacent to an activating group) is 1. The van der Waals surface area contributed by atoms with Gasteiger partial charge in [-0.25, -0.2) is 0 Å². The van der Waals surface area contributed by atoms with Crippen LogP contribution in [-0.4, -0.2) is 25.3 Å². The number of hydrogen-bond acceptors (Lipinski definition) is 3. The van der Waals surface area contributed by atoms with Crippen molar-refractivity contribution in [3.05, 3.63) is 36.4 Å². The second-order valence-electron chi connectivity index (χ2n) is 3.90. The molecule has 94 valence electrons. The second kappa shape index (κ2) is 6.30. The summed E-state index contributed by atoms with van der Waals surface area (Å²) in [6, 6.07) is 5.80. The van der Waals surface area contributed by atoms with Gasteiger partial charge in [0.15, 0.2) is 0 Å². The van der Waals surface area contributed by atoms with Crippen molar-refractivity contribution in [2.24, 2.45) is 0 Å². The van der Waals surface area contributed by atoms with Crippen LogP contribution in [0.4, 0.5) is 5.69 Å². The van der Waals surface area contributed by atoms with Crippen molar-refractivity contribution in [2.45, 2.75) is 20.0 Å². The van der Waals surface area contributed by atoms with Crippen LogP contribution in [0, 0.1) is 0 Å². The quantitative estimate of drug-likeness (QED) is 0.770. The number of benzene rings is 1. The summed E-state index contributed by atoms with van der Waals surface area (Å²) in [7, 11) is 1.62. The normalized spacial score (nSPS) is 12.0. The summed E-state index contributed by atoms with van der Waals surface area (Å²) in [6.45, 7) is 9.20. The molecule has 0 aliphatic rings. The first-order chi connectivity index (χ1) is 8.15. The van der Waals surface area contributed by atoms with Crippen molar-refractivity contribution >= 4 is 5.69 Å². The molecule has 0 aromatic heterocycles. The first-order valence-corrected chi connectivity index (χ1v) is 5.86. The van der Waals surface area contributed by atoms with Gasteiger partial charge >= 0.3 is 0 Å². The number of anilines is 1. The van der Waals surface area contributed by atoms with Gasteiger partial charge in [-0.3, -0.25) is 0 Å². The third-order valence-electron chi connectivity index (χ3n) is 2.75. The molecule has 0 heterocycles. The SMILES string of the molecule is C=CCN(CC)c1cccc(OC)c1[C@@H](C)O. The molecular weight excluding hydrogens is 214 g/mol. The average molecular weight is 235 g/mol. The highest BCUT2D eigenvalue weighted by atomic mass is 16.5. The number of methoxy groups -OCH3 is 1. The summed E-state index contributed by atoms with van der Waals surface area (Å²) < 4.78 is 5.31. The van der Waals surface area contributed by atoms with Crippen LogP contribution >= 0.6 is 0 Å². The van der Waals surface area contributed by atoms with E-state index in [0.717, 1.165) is 30.1 Å². The Morgan fingerprint density at radius 2 is 2.24 bits per heavy atom. The fourth-order valence-electron chi connectivity index (χ4n) is 1.96. The molecule has 17 heavy (non-hydrogen) atoms. The van der Waals surface area contributed by atoms with E-state index < -0.39 is 6.10 Å². The van der Waals surface area contributed by atoms with Gasteiger partial charge in [-0.2, -0.15) is 0 Å². The monoisotopic (exact) mass is 235 g/mol. The third-order valence-corrected chi connectivity index (χ3v) is 2.75. The summed E-state index contributed by atoms with van der Waals surface area (Å²) in [5, 5.41) is 9.90. The third kappa shape index (κ3) is 3.01. The molecule has 3 nitrogen and oxygen atoms in total. The van der Waals surface area contributed by atoms with Crippen LogP contribution in [0.1, 0.15) is 25.5 Å². The molecule has 3 heteroatoms. The predicted molar refractivity (Wildman–Crippen MR) is 71.7 cm³/mol. The van der Waals surface area contributed by atoms with Gasteiger partial charge in [0.05, 0.1) is 13.2 Å². The predicted octanol–water partition coefficient (Wildman–Crippen LogP) is 2.76. The summed E-state index contributed by atoms with van der Waals surface area (Å²) in [5.41, 5.74) is 1.83. The zero-order chi connectivity index (χ0) is 12.8. The van der Waals surface area contributed by atoms with E-state index >= 15 is 0 Å². The molecule has 1 rings (SSSR count). The van der Waals surface area contributed by atoms with Gasteiger partial charge < -0.3 is 14.7 Å². The molecule has 0 aliphatic carbocycles. The van der Waals surface area contributed by atoms with Crippen molar-refractivity contribution in [1.29, 1.82) is 0 Å². The minimum atomic E-state index is -0.556. The molecular formula is C14H21NO2. The van der Waals surface area contributed by atoms with Crippen LogP contribution < -0.4 is 9.64 Å². The molecule has 0 aliphatic heterocycles. The Morgan fingerprint density at radius 1 is 1.53 bits per heavy atom. The number of nitrogens with zero attached hydrogens (tertiary/aromatic N) is 1. The molecule has 1 aromatic rings. The van der Waals surface area contributed by atoms with Crippen LogP contribution in [0.3, 0.4) is 0 Å². The summed E-state index contributed by atoms with van der Waals surface area (Å²) in [5.74, 6) is 0.722. The first kappa shape index (κ1) is 13.6. The average Bonchev–Trinajstić information content (AvgIpc) is 2.34. The molecule has 0 fully saturated rings. The fraction of sp³-hybridized carbons (Fsp3) is 0.429. The van der Waals surface area contributed by atoms with Crippen LogP contribution in [0.15, 0.2) is 30.9 Å². The standard InChI is InChI=1S/C14H21NO2/c1-5-10-15(6-2)12-8-7-9-13(17-4)14(12)11(3)16/h5,7-9,11,16H,1,6,10H2,2-4H3/t11-/m1/s1. The van der Waals surface area contributed by atoms with Gasteiger partial charge in [0, 0.05) is 24.3 Å². The zero-order valence-corrected chi connectivity index (χ0v) is 10.8. The van der Waals surface area contributed by atoms with Crippen LogP contribution in [0.5, 0.6) is 5.75 Å². The lowest BCUT2D eigenvalue weighted by Crippen LogP contribution is -2.24. The van der Waals surface area contributed by atoms with E-state index in [1.807, 2.05) is 24.3 Å². The molecule has 0 saturated heterocycles. The Labute approximate surface area is 103 Å². The van der Waals surface area contributed by atoms with Crippen molar-refractivity contribution < 1.29 is 9.84 Å². The Bertz CT molecular complexity index is 374. The lowest BCUT2D eigenvalue weighted by atomic mass is 10.1. The van der Waals surface area contributed by atoms with E-state index in [1.165, 1.54) is 0 Å². The lowest BCUT2D eigenvalue weighted by Gasteiger charge is -2.26. The Morgan fingerprint density at radius 3 is 2.71 bits per heavy atom. The highest BCUT2D eigenvalue weighted by Crippen LogP contribution is 2.34. The van der Waals surface area contributed by atoms with Crippen LogP contribution in [0.25, 0.3) is 0 Å². The van der Waals surface area contributed by atoms with Crippen LogP contribution in [-0.2, 0) is 0 Å². The van der Waals surface area contributed by atoms with Crippen molar-refractivity contribution in [3.63, 3.8) is 0 Å². The minimum Gasteiger partial charge on any atom is -0.496 e. The van der Waals surface area contributed by atoms with E-state index in [4.69, 9.17) is 4.74 Å². The largest absolute Gasteiger partial charge is 0.496 e. The second-order valence-corrected chi connectivity index (χ2v) is 3.90. The molecule has 0 spiro atoms. The number of ether oxygens (including phenoxy) is 1.